The molecule has 2 saturated heterocycles. The molecular formula is C12H24N2O. The van der Waals surface area contributed by atoms with Gasteiger partial charge >= 0.3 is 0 Å². The first-order valence-corrected chi connectivity index (χ1v) is 6.37. The molecule has 2 unspecified atom stereocenters. The minimum Gasteiger partial charge on any atom is -0.393 e. The molecule has 2 aliphatic rings. The molecule has 0 aromatic heterocycles. The Morgan fingerprint density at radius 2 is 2.00 bits per heavy atom. The lowest BCUT2D eigenvalue weighted by Crippen LogP contribution is -2.45. The molecule has 2 N–H and O–H groups in total. The number of aliphatic hydroxyl groups is 1. The molecule has 0 saturated carbocycles. The SMILES string of the molecule is CC1CN(CC2CCNCC2)CCC1O. The van der Waals surface area contributed by atoms with Crippen molar-refractivity contribution >= 4 is 0 Å². The minimum atomic E-state index is -0.0609. The maximum absolute atomic E-state index is 9.66. The first kappa shape index (κ1) is 11.4. The number of hydrogen-bond donors (Lipinski definition) is 2. The van der Waals surface area contributed by atoms with Gasteiger partial charge in [-0.05, 0) is 44.2 Å². The average molecular weight is 212 g/mol. The van der Waals surface area contributed by atoms with Gasteiger partial charge in [-0.3, -0.25) is 0 Å². The van der Waals surface area contributed by atoms with Crippen LogP contribution in [0.3, 0.4) is 0 Å². The summed E-state index contributed by atoms with van der Waals surface area (Å²) in [6.07, 6.45) is 3.56. The Bertz CT molecular complexity index is 192. The minimum absolute atomic E-state index is 0.0609. The van der Waals surface area contributed by atoms with Crippen LogP contribution in [-0.2, 0) is 0 Å². The highest BCUT2D eigenvalue weighted by atomic mass is 16.3. The molecule has 0 aliphatic carbocycles. The molecule has 88 valence electrons. The highest BCUT2D eigenvalue weighted by Gasteiger charge is 2.26. The molecule has 15 heavy (non-hydrogen) atoms. The lowest BCUT2D eigenvalue weighted by atomic mass is 9.93. The van der Waals surface area contributed by atoms with Crippen molar-refractivity contribution in [1.82, 2.24) is 10.2 Å². The predicted molar refractivity (Wildman–Crippen MR) is 61.8 cm³/mol. The Morgan fingerprint density at radius 1 is 1.27 bits per heavy atom. The molecule has 2 rings (SSSR count). The van der Waals surface area contributed by atoms with Crippen molar-refractivity contribution in [3.63, 3.8) is 0 Å². The van der Waals surface area contributed by atoms with Gasteiger partial charge in [0.15, 0.2) is 0 Å². The highest BCUT2D eigenvalue weighted by molar-refractivity contribution is 4.80. The van der Waals surface area contributed by atoms with Gasteiger partial charge in [0.25, 0.3) is 0 Å². The third-order valence-corrected chi connectivity index (χ3v) is 3.92. The first-order valence-electron chi connectivity index (χ1n) is 6.37. The zero-order chi connectivity index (χ0) is 10.7. The van der Waals surface area contributed by atoms with E-state index < -0.39 is 0 Å². The van der Waals surface area contributed by atoms with E-state index in [1.54, 1.807) is 0 Å². The number of nitrogens with zero attached hydrogens (tertiary/aromatic N) is 1. The summed E-state index contributed by atoms with van der Waals surface area (Å²) in [5.41, 5.74) is 0. The lowest BCUT2D eigenvalue weighted by molar-refractivity contribution is 0.0272. The van der Waals surface area contributed by atoms with E-state index in [-0.39, 0.29) is 6.10 Å². The molecule has 2 aliphatic heterocycles. The van der Waals surface area contributed by atoms with Crippen LogP contribution in [0.25, 0.3) is 0 Å². The second kappa shape index (κ2) is 5.28. The van der Waals surface area contributed by atoms with Crippen LogP contribution in [0.5, 0.6) is 0 Å². The number of piperidine rings is 2. The van der Waals surface area contributed by atoms with E-state index in [0.717, 1.165) is 25.4 Å². The van der Waals surface area contributed by atoms with Crippen LogP contribution < -0.4 is 5.32 Å². The second-order valence-corrected chi connectivity index (χ2v) is 5.29. The van der Waals surface area contributed by atoms with Gasteiger partial charge in [0, 0.05) is 19.6 Å². The van der Waals surface area contributed by atoms with Crippen molar-refractivity contribution in [2.24, 2.45) is 11.8 Å². The normalized spacial score (nSPS) is 35.6. The number of hydrogen-bond acceptors (Lipinski definition) is 3. The summed E-state index contributed by atoms with van der Waals surface area (Å²) < 4.78 is 0. The van der Waals surface area contributed by atoms with Gasteiger partial charge in [-0.1, -0.05) is 6.92 Å². The Labute approximate surface area is 92.8 Å². The van der Waals surface area contributed by atoms with E-state index >= 15 is 0 Å². The first-order chi connectivity index (χ1) is 7.25. The van der Waals surface area contributed by atoms with Gasteiger partial charge < -0.3 is 15.3 Å². The third kappa shape index (κ3) is 3.16. The summed E-state index contributed by atoms with van der Waals surface area (Å²) in [6, 6.07) is 0. The van der Waals surface area contributed by atoms with Crippen molar-refractivity contribution in [3.05, 3.63) is 0 Å². The van der Waals surface area contributed by atoms with Crippen molar-refractivity contribution in [3.8, 4) is 0 Å². The number of rotatable bonds is 2. The Kier molecular flexibility index (Phi) is 4.00. The van der Waals surface area contributed by atoms with E-state index in [2.05, 4.69) is 17.1 Å². The fraction of sp³-hybridized carbons (Fsp3) is 1.00. The van der Waals surface area contributed by atoms with Gasteiger partial charge in [-0.25, -0.2) is 0 Å². The van der Waals surface area contributed by atoms with Crippen molar-refractivity contribution in [2.75, 3.05) is 32.7 Å². The Hall–Kier alpha value is -0.120. The van der Waals surface area contributed by atoms with E-state index in [1.807, 2.05) is 0 Å². The smallest absolute Gasteiger partial charge is 0.0590 e. The van der Waals surface area contributed by atoms with Crippen LogP contribution in [-0.4, -0.2) is 48.8 Å². The molecule has 0 aromatic rings. The van der Waals surface area contributed by atoms with Gasteiger partial charge in [0.05, 0.1) is 6.10 Å². The third-order valence-electron chi connectivity index (χ3n) is 3.92. The molecule has 0 bridgehead atoms. The summed E-state index contributed by atoms with van der Waals surface area (Å²) in [5, 5.41) is 13.1. The summed E-state index contributed by atoms with van der Waals surface area (Å²) in [7, 11) is 0. The number of aliphatic hydroxyl groups excluding tert-OH is 1. The van der Waals surface area contributed by atoms with E-state index in [4.69, 9.17) is 0 Å². The molecule has 0 spiro atoms. The molecule has 3 nitrogen and oxygen atoms in total. The van der Waals surface area contributed by atoms with Crippen molar-refractivity contribution < 1.29 is 5.11 Å². The molecule has 2 atom stereocenters. The van der Waals surface area contributed by atoms with Gasteiger partial charge in [-0.15, -0.1) is 0 Å². The zero-order valence-electron chi connectivity index (χ0n) is 9.78. The molecule has 0 aromatic carbocycles. The van der Waals surface area contributed by atoms with Gasteiger partial charge in [0.2, 0.25) is 0 Å². The average Bonchev–Trinajstić information content (AvgIpc) is 2.25. The molecule has 2 fully saturated rings. The topological polar surface area (TPSA) is 35.5 Å². The van der Waals surface area contributed by atoms with E-state index in [0.29, 0.717) is 5.92 Å². The van der Waals surface area contributed by atoms with Crippen LogP contribution in [0.15, 0.2) is 0 Å². The summed E-state index contributed by atoms with van der Waals surface area (Å²) >= 11 is 0. The largest absolute Gasteiger partial charge is 0.393 e. The highest BCUT2D eigenvalue weighted by Crippen LogP contribution is 2.20. The van der Waals surface area contributed by atoms with Crippen LogP contribution in [0.1, 0.15) is 26.2 Å². The second-order valence-electron chi connectivity index (χ2n) is 5.29. The molecule has 2 heterocycles. The molecule has 3 heteroatoms. The standard InChI is InChI=1S/C12H24N2O/c1-10-8-14(7-4-12(10)15)9-11-2-5-13-6-3-11/h10-13,15H,2-9H2,1H3. The van der Waals surface area contributed by atoms with Crippen LogP contribution in [0, 0.1) is 11.8 Å². The van der Waals surface area contributed by atoms with Crippen LogP contribution in [0.2, 0.25) is 0 Å². The number of nitrogens with one attached hydrogen (secondary N) is 1. The summed E-state index contributed by atoms with van der Waals surface area (Å²) in [5.74, 6) is 1.34. The van der Waals surface area contributed by atoms with Gasteiger partial charge in [-0.2, -0.15) is 0 Å². The summed E-state index contributed by atoms with van der Waals surface area (Å²) in [4.78, 5) is 2.55. The molecule has 0 amide bonds. The monoisotopic (exact) mass is 212 g/mol. The fourth-order valence-electron chi connectivity index (χ4n) is 2.81. The molecule has 0 radical (unpaired) electrons. The van der Waals surface area contributed by atoms with E-state index in [9.17, 15) is 5.11 Å². The van der Waals surface area contributed by atoms with Crippen LogP contribution >= 0.6 is 0 Å². The molecular weight excluding hydrogens is 188 g/mol. The van der Waals surface area contributed by atoms with Crippen molar-refractivity contribution in [1.29, 1.82) is 0 Å². The quantitative estimate of drug-likeness (QED) is 0.707. The summed E-state index contributed by atoms with van der Waals surface area (Å²) in [6.45, 7) is 7.98. The van der Waals surface area contributed by atoms with E-state index in [1.165, 1.54) is 32.5 Å². The van der Waals surface area contributed by atoms with Gasteiger partial charge in [0.1, 0.15) is 0 Å². The Morgan fingerprint density at radius 3 is 2.67 bits per heavy atom. The fourth-order valence-corrected chi connectivity index (χ4v) is 2.81. The van der Waals surface area contributed by atoms with Crippen LogP contribution in [0.4, 0.5) is 0 Å². The Balaban J connectivity index is 1.74. The lowest BCUT2D eigenvalue weighted by Gasteiger charge is -2.37. The maximum atomic E-state index is 9.66. The zero-order valence-corrected chi connectivity index (χ0v) is 9.78. The number of likely N-dealkylation sites (tertiary alicyclic amines) is 1. The predicted octanol–water partition coefficient (Wildman–Crippen LogP) is 0.689. The van der Waals surface area contributed by atoms with Crippen molar-refractivity contribution in [2.45, 2.75) is 32.3 Å². The maximum Gasteiger partial charge on any atom is 0.0590 e.